The van der Waals surface area contributed by atoms with Gasteiger partial charge in [0.1, 0.15) is 0 Å². The summed E-state index contributed by atoms with van der Waals surface area (Å²) in [5.41, 5.74) is 0. The van der Waals surface area contributed by atoms with Crippen LogP contribution in [-0.2, 0) is 19.5 Å². The van der Waals surface area contributed by atoms with E-state index in [0.29, 0.717) is 13.2 Å². The summed E-state index contributed by atoms with van der Waals surface area (Å²) >= 11 is 0. The maximum Gasteiger partial charge on any atom is 0.209 e. The minimum absolute atomic E-state index is 0.0251. The van der Waals surface area contributed by atoms with Gasteiger partial charge >= 0.3 is 0 Å². The second-order valence-electron chi connectivity index (χ2n) is 3.53. The van der Waals surface area contributed by atoms with Gasteiger partial charge < -0.3 is 9.47 Å². The third kappa shape index (κ3) is 8.43. The Morgan fingerprint density at radius 3 is 2.29 bits per heavy atom. The fourth-order valence-corrected chi connectivity index (χ4v) is 1.95. The van der Waals surface area contributed by atoms with Gasteiger partial charge in [0.25, 0.3) is 0 Å². The summed E-state index contributed by atoms with van der Waals surface area (Å²) in [7, 11) is -1.80. The Bertz CT molecular complexity index is 240. The lowest BCUT2D eigenvalue weighted by molar-refractivity contribution is -0.00170. The molecule has 0 aromatic rings. The van der Waals surface area contributed by atoms with Gasteiger partial charge in [0, 0.05) is 7.11 Å². The van der Waals surface area contributed by atoms with Crippen molar-refractivity contribution >= 4 is 10.0 Å². The number of hydrogen-bond donors (Lipinski definition) is 1. The number of primary sulfonamides is 1. The normalized spacial score (nSPS) is 16.6. The van der Waals surface area contributed by atoms with Crippen molar-refractivity contribution in [2.75, 3.05) is 26.1 Å². The number of hydrogen-bond acceptors (Lipinski definition) is 4. The van der Waals surface area contributed by atoms with Crippen molar-refractivity contribution in [2.24, 2.45) is 11.1 Å². The predicted octanol–water partition coefficient (Wildman–Crippen LogP) is -0.0375. The molecule has 14 heavy (non-hydrogen) atoms. The first-order valence-corrected chi connectivity index (χ1v) is 6.17. The van der Waals surface area contributed by atoms with E-state index in [9.17, 15) is 8.42 Å². The molecule has 86 valence electrons. The van der Waals surface area contributed by atoms with Gasteiger partial charge in [0.05, 0.1) is 25.1 Å². The molecule has 0 bridgehead atoms. The molecule has 0 saturated heterocycles. The van der Waals surface area contributed by atoms with E-state index in [4.69, 9.17) is 14.6 Å². The van der Waals surface area contributed by atoms with Crippen LogP contribution in [0.1, 0.15) is 13.8 Å². The van der Waals surface area contributed by atoms with Crippen LogP contribution >= 0.6 is 0 Å². The molecule has 0 aliphatic heterocycles. The Balaban J connectivity index is 3.69. The minimum atomic E-state index is -3.39. The summed E-state index contributed by atoms with van der Waals surface area (Å²) in [4.78, 5) is 0. The lowest BCUT2D eigenvalue weighted by Gasteiger charge is -2.15. The van der Waals surface area contributed by atoms with Gasteiger partial charge in [-0.1, -0.05) is 6.92 Å². The van der Waals surface area contributed by atoms with Crippen LogP contribution in [0.5, 0.6) is 0 Å². The number of methoxy groups -OCH3 is 1. The monoisotopic (exact) mass is 225 g/mol. The van der Waals surface area contributed by atoms with Crippen LogP contribution in [0.15, 0.2) is 0 Å². The van der Waals surface area contributed by atoms with Gasteiger partial charge in [-0.2, -0.15) is 0 Å². The highest BCUT2D eigenvalue weighted by atomic mass is 32.2. The minimum Gasteiger partial charge on any atom is -0.382 e. The summed E-state index contributed by atoms with van der Waals surface area (Å²) in [6.45, 7) is 4.53. The molecule has 2 atom stereocenters. The predicted molar refractivity (Wildman–Crippen MR) is 54.4 cm³/mol. The largest absolute Gasteiger partial charge is 0.382 e. The van der Waals surface area contributed by atoms with E-state index in [2.05, 4.69) is 0 Å². The summed E-state index contributed by atoms with van der Waals surface area (Å²) < 4.78 is 31.6. The number of sulfonamides is 1. The van der Waals surface area contributed by atoms with Crippen LogP contribution in [0.4, 0.5) is 0 Å². The molecule has 0 aliphatic rings. The fraction of sp³-hybridized carbons (Fsp3) is 1.00. The Kier molecular flexibility index (Phi) is 6.26. The van der Waals surface area contributed by atoms with E-state index < -0.39 is 10.0 Å². The van der Waals surface area contributed by atoms with E-state index in [1.54, 1.807) is 14.0 Å². The summed E-state index contributed by atoms with van der Waals surface area (Å²) in [6.07, 6.45) is -0.0251. The zero-order valence-electron chi connectivity index (χ0n) is 8.89. The molecule has 2 N–H and O–H groups in total. The fourth-order valence-electron chi connectivity index (χ4n) is 1.06. The molecule has 0 amide bonds. The molecule has 0 aromatic carbocycles. The molecule has 0 aliphatic carbocycles. The van der Waals surface area contributed by atoms with Crippen molar-refractivity contribution < 1.29 is 17.9 Å². The second-order valence-corrected chi connectivity index (χ2v) is 5.19. The molecule has 0 fully saturated rings. The lowest BCUT2D eigenvalue weighted by atomic mass is 10.2. The molecule has 5 nitrogen and oxygen atoms in total. The van der Waals surface area contributed by atoms with Crippen LogP contribution in [0.2, 0.25) is 0 Å². The molecule has 0 aromatic heterocycles. The number of nitrogens with two attached hydrogens (primary N) is 1. The van der Waals surface area contributed by atoms with Crippen molar-refractivity contribution in [2.45, 2.75) is 20.0 Å². The SMILES string of the molecule is COCC(C)OCC(C)CS(N)(=O)=O. The zero-order chi connectivity index (χ0) is 11.2. The maximum atomic E-state index is 10.7. The van der Waals surface area contributed by atoms with Gasteiger partial charge in [-0.25, -0.2) is 13.6 Å². The van der Waals surface area contributed by atoms with Crippen LogP contribution in [0.3, 0.4) is 0 Å². The molecule has 0 rings (SSSR count). The van der Waals surface area contributed by atoms with E-state index in [1.807, 2.05) is 6.92 Å². The van der Waals surface area contributed by atoms with Crippen LogP contribution < -0.4 is 5.14 Å². The Morgan fingerprint density at radius 2 is 1.86 bits per heavy atom. The highest BCUT2D eigenvalue weighted by molar-refractivity contribution is 7.89. The molecule has 2 unspecified atom stereocenters. The van der Waals surface area contributed by atoms with E-state index in [0.717, 1.165) is 0 Å². The van der Waals surface area contributed by atoms with Gasteiger partial charge in [0.2, 0.25) is 10.0 Å². The third-order valence-electron chi connectivity index (χ3n) is 1.58. The lowest BCUT2D eigenvalue weighted by Crippen LogP contribution is -2.26. The molecule has 6 heteroatoms. The second kappa shape index (κ2) is 6.34. The zero-order valence-corrected chi connectivity index (χ0v) is 9.71. The Labute approximate surface area is 85.6 Å². The number of rotatable bonds is 7. The summed E-state index contributed by atoms with van der Waals surface area (Å²) in [5.74, 6) is -0.142. The van der Waals surface area contributed by atoms with Gasteiger partial charge in [-0.05, 0) is 12.8 Å². The first kappa shape index (κ1) is 13.8. The van der Waals surface area contributed by atoms with Gasteiger partial charge in [-0.15, -0.1) is 0 Å². The van der Waals surface area contributed by atoms with Crippen LogP contribution in [0, 0.1) is 5.92 Å². The average molecular weight is 225 g/mol. The highest BCUT2D eigenvalue weighted by Gasteiger charge is 2.12. The number of ether oxygens (including phenoxy) is 2. The molecular formula is C8H19NO4S. The van der Waals surface area contributed by atoms with Gasteiger partial charge in [0.15, 0.2) is 0 Å². The van der Waals surface area contributed by atoms with Gasteiger partial charge in [-0.3, -0.25) is 0 Å². The molecule has 0 saturated carbocycles. The van der Waals surface area contributed by atoms with E-state index in [-0.39, 0.29) is 17.8 Å². The molecule has 0 spiro atoms. The standard InChI is InChI=1S/C8H19NO4S/c1-7(6-14(9,10)11)4-13-8(2)5-12-3/h7-8H,4-6H2,1-3H3,(H2,9,10,11). The topological polar surface area (TPSA) is 78.6 Å². The average Bonchev–Trinajstić information content (AvgIpc) is 1.98. The van der Waals surface area contributed by atoms with Crippen LogP contribution in [-0.4, -0.2) is 40.6 Å². The van der Waals surface area contributed by atoms with Crippen molar-refractivity contribution in [3.8, 4) is 0 Å². The molecule has 0 radical (unpaired) electrons. The van der Waals surface area contributed by atoms with Crippen molar-refractivity contribution in [1.82, 2.24) is 0 Å². The van der Waals surface area contributed by atoms with Crippen molar-refractivity contribution in [3.05, 3.63) is 0 Å². The highest BCUT2D eigenvalue weighted by Crippen LogP contribution is 2.01. The van der Waals surface area contributed by atoms with Crippen molar-refractivity contribution in [3.63, 3.8) is 0 Å². The smallest absolute Gasteiger partial charge is 0.209 e. The maximum absolute atomic E-state index is 10.7. The van der Waals surface area contributed by atoms with E-state index >= 15 is 0 Å². The van der Waals surface area contributed by atoms with Crippen molar-refractivity contribution in [1.29, 1.82) is 0 Å². The first-order valence-electron chi connectivity index (χ1n) is 4.46. The first-order chi connectivity index (χ1) is 6.35. The quantitative estimate of drug-likeness (QED) is 0.659. The molecular weight excluding hydrogens is 206 g/mol. The van der Waals surface area contributed by atoms with Crippen LogP contribution in [0.25, 0.3) is 0 Å². The Hall–Kier alpha value is -0.170. The summed E-state index contributed by atoms with van der Waals surface area (Å²) in [6, 6.07) is 0. The van der Waals surface area contributed by atoms with E-state index in [1.165, 1.54) is 0 Å². The molecule has 0 heterocycles. The Morgan fingerprint density at radius 1 is 1.29 bits per heavy atom. The third-order valence-corrected chi connectivity index (χ3v) is 2.62. The summed E-state index contributed by atoms with van der Waals surface area (Å²) in [5, 5.41) is 4.89.